The second-order valence-electron chi connectivity index (χ2n) is 8.30. The Morgan fingerprint density at radius 1 is 1.04 bits per heavy atom. The highest BCUT2D eigenvalue weighted by atomic mass is 16.2. The zero-order valence-corrected chi connectivity index (χ0v) is 17.5. The van der Waals surface area contributed by atoms with Crippen molar-refractivity contribution < 1.29 is 14.4 Å². The van der Waals surface area contributed by atoms with Crippen molar-refractivity contribution in [3.05, 3.63) is 35.4 Å². The molecule has 0 bridgehead atoms. The lowest BCUT2D eigenvalue weighted by atomic mass is 9.86. The van der Waals surface area contributed by atoms with Crippen LogP contribution in [0.1, 0.15) is 43.6 Å². The molecule has 154 valence electrons. The molecule has 0 radical (unpaired) electrons. The van der Waals surface area contributed by atoms with Crippen LogP contribution in [0, 0.1) is 0 Å². The third-order valence-electron chi connectivity index (χ3n) is 5.06. The van der Waals surface area contributed by atoms with Crippen molar-refractivity contribution in [3.63, 3.8) is 0 Å². The first-order valence-electron chi connectivity index (χ1n) is 9.75. The zero-order chi connectivity index (χ0) is 20.9. The van der Waals surface area contributed by atoms with Gasteiger partial charge in [-0.05, 0) is 30.0 Å². The van der Waals surface area contributed by atoms with Crippen LogP contribution in [0.25, 0.3) is 0 Å². The molecule has 1 aromatic carbocycles. The summed E-state index contributed by atoms with van der Waals surface area (Å²) in [4.78, 5) is 40.3. The van der Waals surface area contributed by atoms with E-state index in [-0.39, 0.29) is 23.1 Å². The Balaban J connectivity index is 1.87. The summed E-state index contributed by atoms with van der Waals surface area (Å²) < 4.78 is 0. The van der Waals surface area contributed by atoms with Crippen LogP contribution in [0.4, 0.5) is 0 Å². The Bertz CT molecular complexity index is 701. The molecule has 0 aromatic heterocycles. The van der Waals surface area contributed by atoms with Gasteiger partial charge < -0.3 is 15.5 Å². The molecule has 0 spiro atoms. The van der Waals surface area contributed by atoms with E-state index in [2.05, 4.69) is 31.4 Å². The standard InChI is InChI=1S/C21H32N4O3/c1-15(20(28)25-12-10-24(11-13-25)14-18(26)22-5)23-19(27)16-6-8-17(9-7-16)21(2,3)4/h6-9,15H,10-14H2,1-5H3,(H,22,26)(H,23,27). The van der Waals surface area contributed by atoms with E-state index in [1.165, 1.54) is 0 Å². The number of benzene rings is 1. The van der Waals surface area contributed by atoms with Crippen LogP contribution < -0.4 is 10.6 Å². The molecular weight excluding hydrogens is 356 g/mol. The van der Waals surface area contributed by atoms with Crippen LogP contribution in [-0.2, 0) is 15.0 Å². The maximum absolute atomic E-state index is 12.6. The second-order valence-corrected chi connectivity index (χ2v) is 8.30. The fraction of sp³-hybridized carbons (Fsp3) is 0.571. The van der Waals surface area contributed by atoms with E-state index in [4.69, 9.17) is 0 Å². The average Bonchev–Trinajstić information content (AvgIpc) is 2.67. The Kier molecular flexibility index (Phi) is 7.18. The lowest BCUT2D eigenvalue weighted by Crippen LogP contribution is -2.55. The zero-order valence-electron chi connectivity index (χ0n) is 17.5. The molecule has 7 nitrogen and oxygen atoms in total. The highest BCUT2D eigenvalue weighted by Crippen LogP contribution is 2.22. The van der Waals surface area contributed by atoms with Gasteiger partial charge in [-0.25, -0.2) is 0 Å². The largest absolute Gasteiger partial charge is 0.358 e. The van der Waals surface area contributed by atoms with Gasteiger partial charge in [-0.15, -0.1) is 0 Å². The van der Waals surface area contributed by atoms with E-state index in [1.54, 1.807) is 31.0 Å². The molecule has 0 aliphatic carbocycles. The first kappa shape index (κ1) is 21.9. The summed E-state index contributed by atoms with van der Waals surface area (Å²) in [7, 11) is 1.61. The number of hydrogen-bond acceptors (Lipinski definition) is 4. The van der Waals surface area contributed by atoms with Crippen LogP contribution in [0.5, 0.6) is 0 Å². The summed E-state index contributed by atoms with van der Waals surface area (Å²) in [5, 5.41) is 5.40. The van der Waals surface area contributed by atoms with Crippen LogP contribution >= 0.6 is 0 Å². The Morgan fingerprint density at radius 2 is 1.61 bits per heavy atom. The van der Waals surface area contributed by atoms with Crippen LogP contribution in [0.3, 0.4) is 0 Å². The average molecular weight is 389 g/mol. The summed E-state index contributed by atoms with van der Waals surface area (Å²) in [6.07, 6.45) is 0. The fourth-order valence-corrected chi connectivity index (χ4v) is 3.15. The molecule has 1 atom stereocenters. The first-order chi connectivity index (χ1) is 13.1. The maximum Gasteiger partial charge on any atom is 0.251 e. The van der Waals surface area contributed by atoms with E-state index in [0.29, 0.717) is 38.3 Å². The predicted octanol–water partition coefficient (Wildman–Crippen LogP) is 0.993. The number of rotatable bonds is 5. The number of piperazine rings is 1. The first-order valence-corrected chi connectivity index (χ1v) is 9.75. The Labute approximate surface area is 167 Å². The minimum Gasteiger partial charge on any atom is -0.358 e. The monoisotopic (exact) mass is 388 g/mol. The number of amides is 3. The van der Waals surface area contributed by atoms with Gasteiger partial charge in [0, 0.05) is 38.8 Å². The predicted molar refractivity (Wildman–Crippen MR) is 109 cm³/mol. The van der Waals surface area contributed by atoms with Crippen molar-refractivity contribution in [2.75, 3.05) is 39.8 Å². The van der Waals surface area contributed by atoms with E-state index in [1.807, 2.05) is 17.0 Å². The number of carbonyl (C=O) groups excluding carboxylic acids is 3. The molecule has 7 heteroatoms. The highest BCUT2D eigenvalue weighted by molar-refractivity contribution is 5.97. The van der Waals surface area contributed by atoms with Crippen molar-refractivity contribution in [1.82, 2.24) is 20.4 Å². The third kappa shape index (κ3) is 5.79. The van der Waals surface area contributed by atoms with Crippen LogP contribution in [-0.4, -0.2) is 73.3 Å². The molecule has 0 saturated carbocycles. The van der Waals surface area contributed by atoms with E-state index < -0.39 is 6.04 Å². The molecule has 1 fully saturated rings. The molecule has 2 N–H and O–H groups in total. The lowest BCUT2D eigenvalue weighted by molar-refractivity contribution is -0.134. The summed E-state index contributed by atoms with van der Waals surface area (Å²) in [6.45, 7) is 10.8. The van der Waals surface area contributed by atoms with Crippen molar-refractivity contribution in [1.29, 1.82) is 0 Å². The molecular formula is C21H32N4O3. The molecule has 1 aromatic rings. The molecule has 1 aliphatic heterocycles. The van der Waals surface area contributed by atoms with E-state index in [9.17, 15) is 14.4 Å². The van der Waals surface area contributed by atoms with Crippen LogP contribution in [0.15, 0.2) is 24.3 Å². The topological polar surface area (TPSA) is 81.8 Å². The van der Waals surface area contributed by atoms with Gasteiger partial charge in [-0.3, -0.25) is 19.3 Å². The minimum absolute atomic E-state index is 0.0260. The van der Waals surface area contributed by atoms with Gasteiger partial charge in [0.2, 0.25) is 11.8 Å². The number of nitrogens with one attached hydrogen (secondary N) is 2. The molecule has 1 saturated heterocycles. The fourth-order valence-electron chi connectivity index (χ4n) is 3.15. The van der Waals surface area contributed by atoms with Gasteiger partial charge in [0.15, 0.2) is 0 Å². The van der Waals surface area contributed by atoms with Crippen molar-refractivity contribution in [2.24, 2.45) is 0 Å². The van der Waals surface area contributed by atoms with Gasteiger partial charge in [0.25, 0.3) is 5.91 Å². The molecule has 1 unspecified atom stereocenters. The van der Waals surface area contributed by atoms with Crippen molar-refractivity contribution in [3.8, 4) is 0 Å². The Hall–Kier alpha value is -2.41. The SMILES string of the molecule is CNC(=O)CN1CCN(C(=O)C(C)NC(=O)c2ccc(C(C)(C)C)cc2)CC1. The molecule has 2 rings (SSSR count). The quantitative estimate of drug-likeness (QED) is 0.788. The van der Waals surface area contributed by atoms with Gasteiger partial charge >= 0.3 is 0 Å². The van der Waals surface area contributed by atoms with Crippen molar-refractivity contribution in [2.45, 2.75) is 39.2 Å². The smallest absolute Gasteiger partial charge is 0.251 e. The molecule has 1 heterocycles. The summed E-state index contributed by atoms with van der Waals surface area (Å²) in [6, 6.07) is 6.90. The third-order valence-corrected chi connectivity index (χ3v) is 5.06. The van der Waals surface area contributed by atoms with E-state index >= 15 is 0 Å². The molecule has 3 amide bonds. The number of likely N-dealkylation sites (N-methyl/N-ethyl adjacent to an activating group) is 1. The van der Waals surface area contributed by atoms with Gasteiger partial charge in [0.1, 0.15) is 6.04 Å². The van der Waals surface area contributed by atoms with Gasteiger partial charge in [-0.1, -0.05) is 32.9 Å². The highest BCUT2D eigenvalue weighted by Gasteiger charge is 2.26. The number of hydrogen-bond donors (Lipinski definition) is 2. The minimum atomic E-state index is -0.597. The number of nitrogens with zero attached hydrogens (tertiary/aromatic N) is 2. The number of carbonyl (C=O) groups is 3. The normalized spacial score (nSPS) is 16.4. The lowest BCUT2D eigenvalue weighted by Gasteiger charge is -2.35. The van der Waals surface area contributed by atoms with Crippen LogP contribution in [0.2, 0.25) is 0 Å². The molecule has 28 heavy (non-hydrogen) atoms. The van der Waals surface area contributed by atoms with E-state index in [0.717, 1.165) is 5.56 Å². The second kappa shape index (κ2) is 9.19. The summed E-state index contributed by atoms with van der Waals surface area (Å²) in [5.74, 6) is -0.378. The van der Waals surface area contributed by atoms with Crippen molar-refractivity contribution >= 4 is 17.7 Å². The molecule has 1 aliphatic rings. The summed E-state index contributed by atoms with van der Waals surface area (Å²) >= 11 is 0. The summed E-state index contributed by atoms with van der Waals surface area (Å²) in [5.41, 5.74) is 1.73. The Morgan fingerprint density at radius 3 is 2.11 bits per heavy atom. The van der Waals surface area contributed by atoms with Gasteiger partial charge in [-0.2, -0.15) is 0 Å². The van der Waals surface area contributed by atoms with Gasteiger partial charge in [0.05, 0.1) is 6.54 Å². The maximum atomic E-state index is 12.6.